The fourth-order valence-corrected chi connectivity index (χ4v) is 3.68. The smallest absolute Gasteiger partial charge is 0.289 e. The molecule has 6 nitrogen and oxygen atoms in total. The second-order valence-corrected chi connectivity index (χ2v) is 7.81. The van der Waals surface area contributed by atoms with Crippen LogP contribution in [-0.4, -0.2) is 40.1 Å². The highest BCUT2D eigenvalue weighted by Crippen LogP contribution is 2.28. The zero-order valence-electron chi connectivity index (χ0n) is 18.3. The summed E-state index contributed by atoms with van der Waals surface area (Å²) >= 11 is 0. The van der Waals surface area contributed by atoms with E-state index < -0.39 is 23.4 Å². The van der Waals surface area contributed by atoms with Crippen LogP contribution in [0.3, 0.4) is 0 Å². The van der Waals surface area contributed by atoms with Crippen LogP contribution in [0.4, 0.5) is 13.2 Å². The Bertz CT molecular complexity index is 1240. The summed E-state index contributed by atoms with van der Waals surface area (Å²) in [6, 6.07) is 7.36. The first-order valence-corrected chi connectivity index (χ1v) is 10.3. The summed E-state index contributed by atoms with van der Waals surface area (Å²) in [5.41, 5.74) is 2.18. The number of rotatable bonds is 5. The molecule has 1 saturated heterocycles. The number of benzene rings is 2. The number of imidazole rings is 1. The van der Waals surface area contributed by atoms with Gasteiger partial charge in [0.15, 0.2) is 23.2 Å². The number of hydrogen-bond donors (Lipinski definition) is 0. The molecule has 2 heterocycles. The molecule has 0 spiro atoms. The zero-order chi connectivity index (χ0) is 23.7. The molecular formula is C24H22F3N3O3. The first-order chi connectivity index (χ1) is 15.8. The fourth-order valence-electron chi connectivity index (χ4n) is 3.68. The Morgan fingerprint density at radius 2 is 2.00 bits per heavy atom. The Hall–Kier alpha value is -3.75. The maximum absolute atomic E-state index is 14.1. The van der Waals surface area contributed by atoms with Crippen molar-refractivity contribution in [1.82, 2.24) is 14.5 Å². The summed E-state index contributed by atoms with van der Waals surface area (Å²) in [5.74, 6) is -3.99. The van der Waals surface area contributed by atoms with Gasteiger partial charge in [-0.05, 0) is 43.7 Å². The van der Waals surface area contributed by atoms with Crippen molar-refractivity contribution < 1.29 is 27.4 Å². The van der Waals surface area contributed by atoms with E-state index in [1.807, 2.05) is 23.8 Å². The standard InChI is InChI=1S/C24H22F3N3O3/c1-14-10-30(13-28-14)19-7-4-16(8-20(19)32-3)9-21-24(31)29(11-15(2)33-21)12-17-5-6-18(25)23(27)22(17)26/h4-10,13,15H,11-12H2,1-3H3/t15-/m1/s1. The number of aryl methyl sites for hydroxylation is 1. The normalized spacial score (nSPS) is 17.4. The van der Waals surface area contributed by atoms with E-state index in [1.54, 1.807) is 38.6 Å². The van der Waals surface area contributed by atoms with E-state index in [4.69, 9.17) is 9.47 Å². The molecule has 1 aliphatic heterocycles. The lowest BCUT2D eigenvalue weighted by atomic mass is 10.1. The number of amides is 1. The summed E-state index contributed by atoms with van der Waals surface area (Å²) in [4.78, 5) is 18.5. The van der Waals surface area contributed by atoms with Gasteiger partial charge in [-0.1, -0.05) is 12.1 Å². The number of carbonyl (C=O) groups excluding carboxylic acids is 1. The van der Waals surface area contributed by atoms with Crippen LogP contribution in [0.15, 0.2) is 48.6 Å². The minimum atomic E-state index is -1.56. The fraction of sp³-hybridized carbons (Fsp3) is 0.250. The van der Waals surface area contributed by atoms with Crippen LogP contribution in [0.25, 0.3) is 11.8 Å². The Balaban J connectivity index is 1.61. The third-order valence-corrected chi connectivity index (χ3v) is 5.27. The van der Waals surface area contributed by atoms with E-state index in [1.165, 1.54) is 4.90 Å². The molecule has 9 heteroatoms. The predicted octanol–water partition coefficient (Wildman–Crippen LogP) is 4.40. The van der Waals surface area contributed by atoms with Crippen molar-refractivity contribution in [3.63, 3.8) is 0 Å². The van der Waals surface area contributed by atoms with Gasteiger partial charge in [0.05, 0.1) is 31.4 Å². The molecule has 0 radical (unpaired) electrons. The topological polar surface area (TPSA) is 56.6 Å². The van der Waals surface area contributed by atoms with Crippen LogP contribution in [0.1, 0.15) is 23.7 Å². The average Bonchev–Trinajstić information content (AvgIpc) is 3.23. The second kappa shape index (κ2) is 9.01. The van der Waals surface area contributed by atoms with Crippen LogP contribution >= 0.6 is 0 Å². The Kier molecular flexibility index (Phi) is 6.13. The van der Waals surface area contributed by atoms with Crippen LogP contribution in [-0.2, 0) is 16.1 Å². The van der Waals surface area contributed by atoms with Gasteiger partial charge in [-0.25, -0.2) is 18.2 Å². The molecule has 0 N–H and O–H groups in total. The SMILES string of the molecule is COc1cc(C=C2O[C@H](C)CN(Cc3ccc(F)c(F)c3F)C2=O)ccc1-n1cnc(C)c1. The number of morpholine rings is 1. The first-order valence-electron chi connectivity index (χ1n) is 10.3. The minimum Gasteiger partial charge on any atom is -0.495 e. The minimum absolute atomic E-state index is 0.0602. The molecule has 1 aliphatic rings. The molecule has 4 rings (SSSR count). The Morgan fingerprint density at radius 3 is 2.70 bits per heavy atom. The maximum atomic E-state index is 14.1. The lowest BCUT2D eigenvalue weighted by Gasteiger charge is -2.33. The molecule has 0 aliphatic carbocycles. The Labute approximate surface area is 188 Å². The van der Waals surface area contributed by atoms with Crippen molar-refractivity contribution in [3.05, 3.63) is 82.9 Å². The third-order valence-electron chi connectivity index (χ3n) is 5.27. The molecular weight excluding hydrogens is 435 g/mol. The number of nitrogens with zero attached hydrogens (tertiary/aromatic N) is 3. The number of methoxy groups -OCH3 is 1. The van der Waals surface area contributed by atoms with Crippen LogP contribution < -0.4 is 4.74 Å². The molecule has 2 aromatic carbocycles. The third kappa shape index (κ3) is 4.57. The van der Waals surface area contributed by atoms with E-state index in [2.05, 4.69) is 4.98 Å². The van der Waals surface area contributed by atoms with Crippen LogP contribution in [0.2, 0.25) is 0 Å². The average molecular weight is 457 g/mol. The molecule has 3 aromatic rings. The van der Waals surface area contributed by atoms with Gasteiger partial charge in [0, 0.05) is 18.3 Å². The van der Waals surface area contributed by atoms with E-state index in [0.717, 1.165) is 23.5 Å². The van der Waals surface area contributed by atoms with E-state index in [0.29, 0.717) is 11.3 Å². The van der Waals surface area contributed by atoms with Gasteiger partial charge in [-0.15, -0.1) is 0 Å². The number of halogens is 3. The molecule has 1 aromatic heterocycles. The van der Waals surface area contributed by atoms with Gasteiger partial charge in [-0.2, -0.15) is 0 Å². The van der Waals surface area contributed by atoms with Gasteiger partial charge >= 0.3 is 0 Å². The summed E-state index contributed by atoms with van der Waals surface area (Å²) in [5, 5.41) is 0. The maximum Gasteiger partial charge on any atom is 0.289 e. The lowest BCUT2D eigenvalue weighted by molar-refractivity contribution is -0.139. The van der Waals surface area contributed by atoms with Gasteiger partial charge in [0.2, 0.25) is 0 Å². The van der Waals surface area contributed by atoms with E-state index >= 15 is 0 Å². The van der Waals surface area contributed by atoms with Crippen LogP contribution in [0, 0.1) is 24.4 Å². The second-order valence-electron chi connectivity index (χ2n) is 7.81. The van der Waals surface area contributed by atoms with Crippen molar-refractivity contribution in [3.8, 4) is 11.4 Å². The highest BCUT2D eigenvalue weighted by atomic mass is 19.2. The summed E-state index contributed by atoms with van der Waals surface area (Å²) in [6.45, 7) is 3.61. The zero-order valence-corrected chi connectivity index (χ0v) is 18.3. The summed E-state index contributed by atoms with van der Waals surface area (Å²) in [6.07, 6.45) is 4.73. The first kappa shape index (κ1) is 22.4. The lowest BCUT2D eigenvalue weighted by Crippen LogP contribution is -2.43. The molecule has 172 valence electrons. The number of aromatic nitrogens is 2. The van der Waals surface area contributed by atoms with Gasteiger partial charge in [0.1, 0.15) is 11.9 Å². The van der Waals surface area contributed by atoms with Crippen LogP contribution in [0.5, 0.6) is 5.75 Å². The quantitative estimate of drug-likeness (QED) is 0.421. The largest absolute Gasteiger partial charge is 0.495 e. The van der Waals surface area contributed by atoms with Gasteiger partial charge in [-0.3, -0.25) is 4.79 Å². The van der Waals surface area contributed by atoms with Crippen molar-refractivity contribution in [1.29, 1.82) is 0 Å². The monoisotopic (exact) mass is 457 g/mol. The number of ether oxygens (including phenoxy) is 2. The summed E-state index contributed by atoms with van der Waals surface area (Å²) < 4.78 is 54.0. The molecule has 0 bridgehead atoms. The number of carbonyl (C=O) groups is 1. The van der Waals surface area contributed by atoms with E-state index in [9.17, 15) is 18.0 Å². The molecule has 1 atom stereocenters. The van der Waals surface area contributed by atoms with E-state index in [-0.39, 0.29) is 30.5 Å². The molecule has 0 unspecified atom stereocenters. The summed E-state index contributed by atoms with van der Waals surface area (Å²) in [7, 11) is 1.54. The predicted molar refractivity (Wildman–Crippen MR) is 115 cm³/mol. The van der Waals surface area contributed by atoms with Gasteiger partial charge < -0.3 is 18.9 Å². The molecule has 0 saturated carbocycles. The van der Waals surface area contributed by atoms with Crippen molar-refractivity contribution in [2.45, 2.75) is 26.5 Å². The molecule has 33 heavy (non-hydrogen) atoms. The highest BCUT2D eigenvalue weighted by Gasteiger charge is 2.30. The van der Waals surface area contributed by atoms with Crippen molar-refractivity contribution >= 4 is 12.0 Å². The Morgan fingerprint density at radius 1 is 1.21 bits per heavy atom. The highest BCUT2D eigenvalue weighted by molar-refractivity contribution is 5.96. The molecule has 1 fully saturated rings. The molecule has 1 amide bonds. The van der Waals surface area contributed by atoms with Gasteiger partial charge in [0.25, 0.3) is 5.91 Å². The van der Waals surface area contributed by atoms with Crippen molar-refractivity contribution in [2.75, 3.05) is 13.7 Å². The van der Waals surface area contributed by atoms with Crippen molar-refractivity contribution in [2.24, 2.45) is 0 Å². The number of hydrogen-bond acceptors (Lipinski definition) is 4.